The molecule has 2 aliphatic rings. The van der Waals surface area contributed by atoms with Gasteiger partial charge in [-0.1, -0.05) is 12.1 Å². The smallest absolute Gasteiger partial charge is 0.330 e. The van der Waals surface area contributed by atoms with Crippen molar-refractivity contribution >= 4 is 16.8 Å². The molecule has 0 saturated heterocycles. The topological polar surface area (TPSA) is 122 Å². The van der Waals surface area contributed by atoms with E-state index in [9.17, 15) is 14.4 Å². The molecule has 10 heteroatoms. The van der Waals surface area contributed by atoms with Crippen LogP contribution in [0.3, 0.4) is 0 Å². The van der Waals surface area contributed by atoms with E-state index in [0.29, 0.717) is 53.8 Å². The Morgan fingerprint density at radius 2 is 1.82 bits per heavy atom. The summed E-state index contributed by atoms with van der Waals surface area (Å²) >= 11 is 0. The first kappa shape index (κ1) is 24.7. The molecule has 1 aliphatic carbocycles. The molecule has 0 fully saturated rings. The van der Waals surface area contributed by atoms with Gasteiger partial charge in [0.1, 0.15) is 17.1 Å². The number of hydrogen-bond donors (Lipinski definition) is 1. The zero-order valence-corrected chi connectivity index (χ0v) is 21.6. The molecule has 1 atom stereocenters. The maximum atomic E-state index is 13.2. The monoisotopic (exact) mass is 529 g/mol. The number of hydrogen-bond acceptors (Lipinski definition) is 8. The van der Waals surface area contributed by atoms with Crippen LogP contribution in [0.4, 0.5) is 0 Å². The lowest BCUT2D eigenvalue weighted by atomic mass is 9.79. The van der Waals surface area contributed by atoms with Crippen molar-refractivity contribution in [1.82, 2.24) is 14.5 Å². The normalized spacial score (nSPS) is 16.5. The van der Waals surface area contributed by atoms with Crippen LogP contribution in [0.15, 0.2) is 52.2 Å². The number of rotatable bonds is 5. The van der Waals surface area contributed by atoms with Crippen molar-refractivity contribution < 1.29 is 23.7 Å². The van der Waals surface area contributed by atoms with Gasteiger partial charge in [0.25, 0.3) is 5.56 Å². The average molecular weight is 530 g/mol. The zero-order chi connectivity index (χ0) is 27.1. The summed E-state index contributed by atoms with van der Waals surface area (Å²) < 4.78 is 23.8. The molecule has 2 aromatic carbocycles. The van der Waals surface area contributed by atoms with Crippen molar-refractivity contribution in [2.24, 2.45) is 0 Å². The Bertz CT molecular complexity index is 1720. The first-order chi connectivity index (χ1) is 19.0. The van der Waals surface area contributed by atoms with Gasteiger partial charge in [0.05, 0.1) is 39.4 Å². The SMILES string of the molecule is COc1ccc(C2CC(=O)c3cnc4c(c3C2)c(=O)[nH]c(=O)n4Cc2ccc3c(c2)OCCCO3)c(OC)c1. The Labute approximate surface area is 223 Å². The number of aromatic amines is 1. The van der Waals surface area contributed by atoms with Crippen molar-refractivity contribution in [3.8, 4) is 23.0 Å². The van der Waals surface area contributed by atoms with Gasteiger partial charge in [-0.2, -0.15) is 0 Å². The lowest BCUT2D eigenvalue weighted by Crippen LogP contribution is -2.33. The number of Topliss-reactive ketones (excluding diaryl/α,β-unsaturated/α-hetero) is 1. The van der Waals surface area contributed by atoms with Gasteiger partial charge in [0, 0.05) is 30.7 Å². The van der Waals surface area contributed by atoms with Crippen molar-refractivity contribution in [2.45, 2.75) is 31.7 Å². The molecule has 1 unspecified atom stereocenters. The number of carbonyl (C=O) groups excluding carboxylic acids is 1. The van der Waals surface area contributed by atoms with E-state index in [0.717, 1.165) is 17.5 Å². The summed E-state index contributed by atoms with van der Waals surface area (Å²) in [5, 5.41) is 0.243. The molecule has 0 amide bonds. The number of carbonyl (C=O) groups is 1. The minimum Gasteiger partial charge on any atom is -0.497 e. The number of ketones is 1. The molecule has 0 bridgehead atoms. The fourth-order valence-corrected chi connectivity index (χ4v) is 5.42. The van der Waals surface area contributed by atoms with E-state index in [1.54, 1.807) is 20.3 Å². The Hall–Kier alpha value is -4.60. The van der Waals surface area contributed by atoms with Gasteiger partial charge < -0.3 is 18.9 Å². The Balaban J connectivity index is 1.44. The summed E-state index contributed by atoms with van der Waals surface area (Å²) in [4.78, 5) is 46.3. The fourth-order valence-electron chi connectivity index (χ4n) is 5.42. The lowest BCUT2D eigenvalue weighted by molar-refractivity contribution is 0.0964. The summed E-state index contributed by atoms with van der Waals surface area (Å²) in [7, 11) is 3.14. The van der Waals surface area contributed by atoms with Crippen LogP contribution in [-0.2, 0) is 13.0 Å². The number of ether oxygens (including phenoxy) is 4. The number of nitrogens with zero attached hydrogens (tertiary/aromatic N) is 2. The molecular formula is C29H27N3O7. The van der Waals surface area contributed by atoms with Crippen LogP contribution in [-0.4, -0.2) is 47.8 Å². The molecule has 200 valence electrons. The van der Waals surface area contributed by atoms with Crippen LogP contribution in [0.2, 0.25) is 0 Å². The average Bonchev–Trinajstić information content (AvgIpc) is 3.19. The van der Waals surface area contributed by atoms with Gasteiger partial charge >= 0.3 is 5.69 Å². The van der Waals surface area contributed by atoms with Crippen molar-refractivity contribution in [2.75, 3.05) is 27.4 Å². The van der Waals surface area contributed by atoms with Crippen LogP contribution in [0.5, 0.6) is 23.0 Å². The standard InChI is InChI=1S/C29H27N3O7/c1-36-18-5-6-19(24(13-18)37-2)17-11-20-21(22(33)12-17)14-30-27-26(20)28(34)31-29(35)32(27)15-16-4-7-23-25(10-16)39-9-3-8-38-23/h4-7,10,13-14,17H,3,8-9,11-12,15H2,1-2H3,(H,31,34,35). The minimum atomic E-state index is -0.581. The van der Waals surface area contributed by atoms with Gasteiger partial charge in [-0.15, -0.1) is 0 Å². The van der Waals surface area contributed by atoms with Crippen molar-refractivity contribution in [3.63, 3.8) is 0 Å². The number of aromatic nitrogens is 3. The number of benzene rings is 2. The highest BCUT2D eigenvalue weighted by Crippen LogP contribution is 2.39. The molecule has 2 aromatic heterocycles. The van der Waals surface area contributed by atoms with Crippen molar-refractivity contribution in [3.05, 3.63) is 85.7 Å². The van der Waals surface area contributed by atoms with Gasteiger partial charge in [-0.3, -0.25) is 19.1 Å². The molecule has 39 heavy (non-hydrogen) atoms. The van der Waals surface area contributed by atoms with Crippen LogP contribution in [0.1, 0.15) is 45.8 Å². The predicted molar refractivity (Wildman–Crippen MR) is 143 cm³/mol. The highest BCUT2D eigenvalue weighted by atomic mass is 16.5. The van der Waals surface area contributed by atoms with E-state index in [1.807, 2.05) is 30.3 Å². The summed E-state index contributed by atoms with van der Waals surface area (Å²) in [5.74, 6) is 2.17. The third kappa shape index (κ3) is 4.41. The third-order valence-corrected chi connectivity index (χ3v) is 7.33. The molecule has 0 radical (unpaired) electrons. The van der Waals surface area contributed by atoms with Gasteiger partial charge in [0.2, 0.25) is 0 Å². The first-order valence-electron chi connectivity index (χ1n) is 12.7. The van der Waals surface area contributed by atoms with E-state index >= 15 is 0 Å². The Morgan fingerprint density at radius 3 is 2.62 bits per heavy atom. The maximum absolute atomic E-state index is 13.2. The lowest BCUT2D eigenvalue weighted by Gasteiger charge is -2.26. The van der Waals surface area contributed by atoms with E-state index in [-0.39, 0.29) is 35.7 Å². The molecule has 1 aliphatic heterocycles. The molecule has 3 heterocycles. The van der Waals surface area contributed by atoms with Crippen molar-refractivity contribution in [1.29, 1.82) is 0 Å². The van der Waals surface area contributed by atoms with E-state index in [2.05, 4.69) is 9.97 Å². The third-order valence-electron chi connectivity index (χ3n) is 7.33. The van der Waals surface area contributed by atoms with Gasteiger partial charge in [-0.25, -0.2) is 9.78 Å². The summed E-state index contributed by atoms with van der Waals surface area (Å²) in [6, 6.07) is 11.0. The van der Waals surface area contributed by atoms with Crippen LogP contribution in [0, 0.1) is 0 Å². The number of methoxy groups -OCH3 is 2. The predicted octanol–water partition coefficient (Wildman–Crippen LogP) is 3.22. The zero-order valence-electron chi connectivity index (χ0n) is 21.6. The van der Waals surface area contributed by atoms with E-state index < -0.39 is 11.2 Å². The van der Waals surface area contributed by atoms with E-state index in [1.165, 1.54) is 10.8 Å². The molecule has 10 nitrogen and oxygen atoms in total. The Kier molecular flexibility index (Phi) is 6.30. The van der Waals surface area contributed by atoms with E-state index in [4.69, 9.17) is 18.9 Å². The minimum absolute atomic E-state index is 0.117. The Morgan fingerprint density at radius 1 is 1.00 bits per heavy atom. The summed E-state index contributed by atoms with van der Waals surface area (Å²) in [5.41, 5.74) is 1.69. The molecule has 6 rings (SSSR count). The van der Waals surface area contributed by atoms with Crippen LogP contribution in [0.25, 0.3) is 11.0 Å². The van der Waals surface area contributed by atoms with Gasteiger partial charge in [0.15, 0.2) is 17.3 Å². The molecule has 0 saturated carbocycles. The second-order valence-electron chi connectivity index (χ2n) is 9.66. The second-order valence-corrected chi connectivity index (χ2v) is 9.66. The molecule has 1 N–H and O–H groups in total. The molecular weight excluding hydrogens is 502 g/mol. The second kappa shape index (κ2) is 9.94. The molecule has 0 spiro atoms. The number of nitrogens with one attached hydrogen (secondary N) is 1. The highest BCUT2D eigenvalue weighted by molar-refractivity contribution is 6.02. The number of fused-ring (bicyclic) bond motifs is 4. The number of pyridine rings is 1. The van der Waals surface area contributed by atoms with Gasteiger partial charge in [-0.05, 0) is 47.2 Å². The maximum Gasteiger partial charge on any atom is 0.330 e. The van der Waals surface area contributed by atoms with Crippen LogP contribution < -0.4 is 30.2 Å². The molecule has 4 aromatic rings. The summed E-state index contributed by atoms with van der Waals surface area (Å²) in [6.07, 6.45) is 2.92. The quantitative estimate of drug-likeness (QED) is 0.418. The summed E-state index contributed by atoms with van der Waals surface area (Å²) in [6.45, 7) is 1.27. The van der Waals surface area contributed by atoms with Crippen LogP contribution >= 0.6 is 0 Å². The fraction of sp³-hybridized carbons (Fsp3) is 0.310. The largest absolute Gasteiger partial charge is 0.497 e. The number of H-pyrrole nitrogens is 1. The highest BCUT2D eigenvalue weighted by Gasteiger charge is 2.31. The first-order valence-corrected chi connectivity index (χ1v) is 12.7.